The van der Waals surface area contributed by atoms with E-state index in [1.807, 2.05) is 13.0 Å². The third-order valence-electron chi connectivity index (χ3n) is 3.61. The van der Waals surface area contributed by atoms with Gasteiger partial charge < -0.3 is 0 Å². The number of benzene rings is 2. The number of hydrogen-bond acceptors (Lipinski definition) is 0. The lowest BCUT2D eigenvalue weighted by molar-refractivity contribution is 0.795. The van der Waals surface area contributed by atoms with E-state index in [0.717, 1.165) is 23.1 Å². The second kappa shape index (κ2) is 8.11. The number of unbranched alkanes of at least 4 members (excludes halogenated alkanes) is 1. The third-order valence-corrected chi connectivity index (χ3v) is 3.61. The first kappa shape index (κ1) is 15.9. The molecule has 0 aliphatic heterocycles. The fourth-order valence-corrected chi connectivity index (χ4v) is 2.30. The lowest BCUT2D eigenvalue weighted by Crippen LogP contribution is -1.86. The minimum absolute atomic E-state index is 1.05. The van der Waals surface area contributed by atoms with E-state index in [-0.39, 0.29) is 0 Å². The maximum atomic E-state index is 3.26. The monoisotopic (exact) mass is 286 g/mol. The highest BCUT2D eigenvalue weighted by atomic mass is 14.0. The van der Waals surface area contributed by atoms with E-state index in [1.165, 1.54) is 24.0 Å². The van der Waals surface area contributed by atoms with Crippen LogP contribution in [0.15, 0.2) is 42.5 Å². The van der Waals surface area contributed by atoms with Crippen LogP contribution < -0.4 is 0 Å². The average Bonchev–Trinajstić information content (AvgIpc) is 2.53. The van der Waals surface area contributed by atoms with E-state index in [4.69, 9.17) is 0 Å². The Balaban J connectivity index is 2.14. The Morgan fingerprint density at radius 1 is 0.864 bits per heavy atom. The fraction of sp³-hybridized carbons (Fsp3) is 0.273. The van der Waals surface area contributed by atoms with Gasteiger partial charge in [-0.2, -0.15) is 0 Å². The molecule has 2 rings (SSSR count). The molecule has 0 atom stereocenters. The van der Waals surface area contributed by atoms with Gasteiger partial charge >= 0.3 is 0 Å². The third kappa shape index (κ3) is 4.54. The Morgan fingerprint density at radius 2 is 1.59 bits per heavy atom. The van der Waals surface area contributed by atoms with Gasteiger partial charge in [0.25, 0.3) is 0 Å². The smallest absolute Gasteiger partial charge is 0.0279 e. The number of hydrogen-bond donors (Lipinski definition) is 0. The predicted octanol–water partition coefficient (Wildman–Crippen LogP) is 5.11. The summed E-state index contributed by atoms with van der Waals surface area (Å²) in [5.41, 5.74) is 5.75. The molecular weight excluding hydrogens is 264 g/mol. The molecule has 0 saturated carbocycles. The van der Waals surface area contributed by atoms with Gasteiger partial charge in [0, 0.05) is 16.7 Å². The summed E-state index contributed by atoms with van der Waals surface area (Å²) in [7, 11) is 0. The second-order valence-electron chi connectivity index (χ2n) is 5.46. The van der Waals surface area contributed by atoms with Crippen LogP contribution in [0.5, 0.6) is 0 Å². The molecule has 0 nitrogen and oxygen atoms in total. The quantitative estimate of drug-likeness (QED) is 0.688. The lowest BCUT2D eigenvalue weighted by Gasteiger charge is -2.00. The second-order valence-corrected chi connectivity index (χ2v) is 5.46. The summed E-state index contributed by atoms with van der Waals surface area (Å²) in [5.74, 6) is 12.5. The van der Waals surface area contributed by atoms with Gasteiger partial charge in [0.05, 0.1) is 0 Å². The molecule has 0 N–H and O–H groups in total. The predicted molar refractivity (Wildman–Crippen MR) is 94.8 cm³/mol. The maximum absolute atomic E-state index is 3.26. The summed E-state index contributed by atoms with van der Waals surface area (Å²) < 4.78 is 0. The highest BCUT2D eigenvalue weighted by molar-refractivity contribution is 5.50. The molecule has 2 aromatic carbocycles. The number of aryl methyl sites for hydroxylation is 2. The van der Waals surface area contributed by atoms with Crippen molar-refractivity contribution in [3.05, 3.63) is 70.3 Å². The molecule has 0 aromatic heterocycles. The Hall–Kier alpha value is -2.44. The van der Waals surface area contributed by atoms with Gasteiger partial charge in [-0.25, -0.2) is 0 Å². The zero-order chi connectivity index (χ0) is 15.8. The molecule has 0 spiro atoms. The highest BCUT2D eigenvalue weighted by Gasteiger charge is 1.96. The van der Waals surface area contributed by atoms with Crippen molar-refractivity contribution in [3.63, 3.8) is 0 Å². The van der Waals surface area contributed by atoms with Crippen LogP contribution >= 0.6 is 0 Å². The van der Waals surface area contributed by atoms with Crippen molar-refractivity contribution in [3.8, 4) is 23.7 Å². The molecule has 0 aliphatic rings. The van der Waals surface area contributed by atoms with Crippen LogP contribution in [-0.2, 0) is 6.42 Å². The molecule has 0 fully saturated rings. The number of rotatable bonds is 3. The normalized spacial score (nSPS) is 9.41. The van der Waals surface area contributed by atoms with E-state index in [0.29, 0.717) is 0 Å². The molecule has 0 saturated heterocycles. The minimum Gasteiger partial charge on any atom is -0.101 e. The SMILES string of the molecule is CC#Cc1ccc(C#Cc2ccc(CCCC)cc2)c(C)c1. The minimum atomic E-state index is 1.05. The first-order chi connectivity index (χ1) is 10.7. The van der Waals surface area contributed by atoms with Crippen LogP contribution in [0, 0.1) is 30.6 Å². The molecule has 0 amide bonds. The van der Waals surface area contributed by atoms with Crippen LogP contribution in [0.1, 0.15) is 54.5 Å². The molecule has 0 bridgehead atoms. The van der Waals surface area contributed by atoms with Crippen molar-refractivity contribution in [1.29, 1.82) is 0 Å². The van der Waals surface area contributed by atoms with Crippen LogP contribution in [-0.4, -0.2) is 0 Å². The largest absolute Gasteiger partial charge is 0.101 e. The van der Waals surface area contributed by atoms with E-state index < -0.39 is 0 Å². The summed E-state index contributed by atoms with van der Waals surface area (Å²) in [6, 6.07) is 14.8. The van der Waals surface area contributed by atoms with E-state index in [2.05, 4.69) is 73.9 Å². The topological polar surface area (TPSA) is 0 Å². The molecule has 0 unspecified atom stereocenters. The van der Waals surface area contributed by atoms with Crippen molar-refractivity contribution < 1.29 is 0 Å². The molecule has 0 heterocycles. The average molecular weight is 286 g/mol. The van der Waals surface area contributed by atoms with Gasteiger partial charge in [-0.1, -0.05) is 43.2 Å². The van der Waals surface area contributed by atoms with Gasteiger partial charge in [0.15, 0.2) is 0 Å². The molecule has 22 heavy (non-hydrogen) atoms. The van der Waals surface area contributed by atoms with Crippen molar-refractivity contribution >= 4 is 0 Å². The van der Waals surface area contributed by atoms with Crippen LogP contribution in [0.3, 0.4) is 0 Å². The Bertz CT molecular complexity index is 741. The Morgan fingerprint density at radius 3 is 2.23 bits per heavy atom. The van der Waals surface area contributed by atoms with Crippen molar-refractivity contribution in [2.45, 2.75) is 40.0 Å². The Kier molecular flexibility index (Phi) is 5.88. The van der Waals surface area contributed by atoms with Gasteiger partial charge in [-0.05, 0) is 68.1 Å². The maximum Gasteiger partial charge on any atom is 0.0279 e. The van der Waals surface area contributed by atoms with E-state index in [1.54, 1.807) is 0 Å². The van der Waals surface area contributed by atoms with Gasteiger partial charge in [0.1, 0.15) is 0 Å². The first-order valence-electron chi connectivity index (χ1n) is 7.87. The fourth-order valence-electron chi connectivity index (χ4n) is 2.30. The van der Waals surface area contributed by atoms with E-state index >= 15 is 0 Å². The first-order valence-corrected chi connectivity index (χ1v) is 7.87. The van der Waals surface area contributed by atoms with Gasteiger partial charge in [-0.3, -0.25) is 0 Å². The molecule has 0 radical (unpaired) electrons. The summed E-state index contributed by atoms with van der Waals surface area (Å²) in [5, 5.41) is 0. The van der Waals surface area contributed by atoms with Gasteiger partial charge in [0.2, 0.25) is 0 Å². The molecule has 2 aromatic rings. The summed E-state index contributed by atoms with van der Waals surface area (Å²) in [6.45, 7) is 6.16. The molecular formula is C22H22. The standard InChI is InChI=1S/C22H22/c1-4-6-8-19-9-11-20(12-10-19)13-15-22-16-14-21(7-5-2)17-18(22)3/h9-12,14,16-17H,4,6,8H2,1-3H3. The highest BCUT2D eigenvalue weighted by Crippen LogP contribution is 2.11. The van der Waals surface area contributed by atoms with Crippen molar-refractivity contribution in [2.24, 2.45) is 0 Å². The zero-order valence-electron chi connectivity index (χ0n) is 13.7. The van der Waals surface area contributed by atoms with Crippen LogP contribution in [0.2, 0.25) is 0 Å². The van der Waals surface area contributed by atoms with Crippen molar-refractivity contribution in [1.82, 2.24) is 0 Å². The lowest BCUT2D eigenvalue weighted by atomic mass is 10.0. The molecule has 110 valence electrons. The Labute approximate surface area is 134 Å². The summed E-state index contributed by atoms with van der Waals surface area (Å²) >= 11 is 0. The molecule has 0 aliphatic carbocycles. The van der Waals surface area contributed by atoms with Crippen molar-refractivity contribution in [2.75, 3.05) is 0 Å². The van der Waals surface area contributed by atoms with Gasteiger partial charge in [-0.15, -0.1) is 5.92 Å². The van der Waals surface area contributed by atoms with Crippen LogP contribution in [0.25, 0.3) is 0 Å². The van der Waals surface area contributed by atoms with Crippen LogP contribution in [0.4, 0.5) is 0 Å². The summed E-state index contributed by atoms with van der Waals surface area (Å²) in [6.07, 6.45) is 3.64. The van der Waals surface area contributed by atoms with E-state index in [9.17, 15) is 0 Å². The summed E-state index contributed by atoms with van der Waals surface area (Å²) in [4.78, 5) is 0. The molecule has 0 heteroatoms. The zero-order valence-corrected chi connectivity index (χ0v) is 13.7.